The summed E-state index contributed by atoms with van der Waals surface area (Å²) in [5.74, 6) is 0.239. The number of allylic oxidation sites excluding steroid dienone is 4. The summed E-state index contributed by atoms with van der Waals surface area (Å²) in [7, 11) is 0. The van der Waals surface area contributed by atoms with Crippen LogP contribution in [0, 0.1) is 0 Å². The first-order valence-electron chi connectivity index (χ1n) is 18.9. The highest BCUT2D eigenvalue weighted by Gasteiger charge is 2.18. The summed E-state index contributed by atoms with van der Waals surface area (Å²) in [6.07, 6.45) is 6.57. The molecule has 0 aliphatic heterocycles. The Morgan fingerprint density at radius 1 is 0.455 bits per heavy atom. The topological polar surface area (TPSA) is 32.3 Å². The molecule has 3 heteroatoms. The van der Waals surface area contributed by atoms with E-state index in [0.717, 1.165) is 46.5 Å². The van der Waals surface area contributed by atoms with Gasteiger partial charge in [0.25, 0.3) is 0 Å². The summed E-state index contributed by atoms with van der Waals surface area (Å²) >= 11 is 1.85. The van der Waals surface area contributed by atoms with Crippen molar-refractivity contribution in [3.8, 4) is 39.1 Å². The summed E-state index contributed by atoms with van der Waals surface area (Å²) < 4.78 is 2.61. The minimum absolute atomic E-state index is 0.239. The molecule has 2 N–H and O–H groups in total. The molecule has 0 saturated heterocycles. The number of phenolic OH excluding ortho intramolecular Hbond substituents is 1. The van der Waals surface area contributed by atoms with Crippen LogP contribution in [0.15, 0.2) is 188 Å². The molecule has 0 bridgehead atoms. The van der Waals surface area contributed by atoms with Gasteiger partial charge in [-0.15, -0.1) is 11.3 Å². The van der Waals surface area contributed by atoms with Crippen molar-refractivity contribution in [2.75, 3.05) is 5.32 Å². The van der Waals surface area contributed by atoms with Crippen LogP contribution in [0.1, 0.15) is 24.0 Å². The normalized spacial score (nSPS) is 12.9. The molecule has 0 unspecified atom stereocenters. The maximum absolute atomic E-state index is 11.4. The van der Waals surface area contributed by atoms with Gasteiger partial charge in [0, 0.05) is 31.4 Å². The van der Waals surface area contributed by atoms with Gasteiger partial charge in [-0.2, -0.15) is 0 Å². The molecule has 1 aliphatic rings. The molecule has 262 valence electrons. The van der Waals surface area contributed by atoms with E-state index in [1.54, 1.807) is 6.07 Å². The molecule has 9 aromatic rings. The second-order valence-electron chi connectivity index (χ2n) is 14.2. The van der Waals surface area contributed by atoms with Gasteiger partial charge in [-0.25, -0.2) is 0 Å². The first-order chi connectivity index (χ1) is 27.2. The predicted octanol–water partition coefficient (Wildman–Crippen LogP) is 14.9. The largest absolute Gasteiger partial charge is 0.507 e. The van der Waals surface area contributed by atoms with E-state index in [4.69, 9.17) is 0 Å². The van der Waals surface area contributed by atoms with Crippen LogP contribution in [0.3, 0.4) is 0 Å². The Morgan fingerprint density at radius 2 is 1.09 bits per heavy atom. The number of anilines is 2. The van der Waals surface area contributed by atoms with E-state index in [-0.39, 0.29) is 5.75 Å². The lowest BCUT2D eigenvalue weighted by molar-refractivity contribution is 0.477. The van der Waals surface area contributed by atoms with Gasteiger partial charge in [0.2, 0.25) is 0 Å². The highest BCUT2D eigenvalue weighted by Crippen LogP contribution is 2.44. The second-order valence-corrected chi connectivity index (χ2v) is 15.3. The second kappa shape index (κ2) is 13.9. The van der Waals surface area contributed by atoms with E-state index in [9.17, 15) is 5.11 Å². The van der Waals surface area contributed by atoms with Crippen molar-refractivity contribution in [1.29, 1.82) is 0 Å². The third-order valence-electron chi connectivity index (χ3n) is 10.9. The summed E-state index contributed by atoms with van der Waals surface area (Å²) in [4.78, 5) is 0. The van der Waals surface area contributed by atoms with Crippen LogP contribution >= 0.6 is 11.3 Å². The number of benzene rings is 8. The average molecular weight is 724 g/mol. The van der Waals surface area contributed by atoms with Gasteiger partial charge >= 0.3 is 0 Å². The van der Waals surface area contributed by atoms with Crippen LogP contribution in [-0.4, -0.2) is 5.11 Å². The summed E-state index contributed by atoms with van der Waals surface area (Å²) in [6, 6.07) is 62.0. The van der Waals surface area contributed by atoms with Crippen LogP contribution in [0.2, 0.25) is 0 Å². The molecule has 8 aromatic carbocycles. The van der Waals surface area contributed by atoms with E-state index in [2.05, 4.69) is 169 Å². The molecular formula is C52H37NOS. The molecule has 2 nitrogen and oxygen atoms in total. The summed E-state index contributed by atoms with van der Waals surface area (Å²) in [5, 5.41) is 20.3. The number of aromatic hydroxyl groups is 1. The molecule has 0 fully saturated rings. The van der Waals surface area contributed by atoms with Crippen molar-refractivity contribution in [2.45, 2.75) is 12.8 Å². The van der Waals surface area contributed by atoms with Gasteiger partial charge in [-0.05, 0) is 110 Å². The zero-order valence-electron chi connectivity index (χ0n) is 30.2. The molecule has 55 heavy (non-hydrogen) atoms. The number of nitrogens with one attached hydrogen (secondary N) is 1. The number of hydrogen-bond donors (Lipinski definition) is 2. The predicted molar refractivity (Wildman–Crippen MR) is 236 cm³/mol. The standard InChI is InChI=1S/C52H37NOS/c54-49-23-10-22-48(53-40-31-29-37(30-32-40)44-20-9-21-47-45-17-5-6-24-50(45)55-52(44)47)51(49)46-18-4-3-16-43(46)39-14-7-13-38(33-39)34-25-27-36(28-26-34)42-19-8-12-35-11-1-2-15-41(35)42/h1-25,27,29-33,53-54H,26,28H2. The number of thiophene rings is 1. The van der Waals surface area contributed by atoms with E-state index >= 15 is 0 Å². The van der Waals surface area contributed by atoms with Gasteiger partial charge in [0.15, 0.2) is 0 Å². The van der Waals surface area contributed by atoms with Gasteiger partial charge in [-0.3, -0.25) is 0 Å². The van der Waals surface area contributed by atoms with E-state index in [1.165, 1.54) is 64.3 Å². The zero-order chi connectivity index (χ0) is 36.7. The Kier molecular flexibility index (Phi) is 8.35. The fourth-order valence-corrected chi connectivity index (χ4v) is 9.48. The molecule has 1 aromatic heterocycles. The SMILES string of the molecule is Oc1cccc(Nc2ccc(-c3cccc4c3sc3ccccc34)cc2)c1-c1ccccc1-c1cccc(C2=CC=C(c3cccc4ccccc34)CC2)c1. The number of phenols is 1. The molecule has 0 amide bonds. The molecule has 0 radical (unpaired) electrons. The van der Waals surface area contributed by atoms with Crippen molar-refractivity contribution in [2.24, 2.45) is 0 Å². The lowest BCUT2D eigenvalue weighted by atomic mass is 9.86. The van der Waals surface area contributed by atoms with Gasteiger partial charge in [-0.1, -0.05) is 152 Å². The summed E-state index contributed by atoms with van der Waals surface area (Å²) in [5.41, 5.74) is 13.4. The minimum Gasteiger partial charge on any atom is -0.507 e. The van der Waals surface area contributed by atoms with Crippen molar-refractivity contribution < 1.29 is 5.11 Å². The van der Waals surface area contributed by atoms with E-state index in [0.29, 0.717) is 0 Å². The van der Waals surface area contributed by atoms with Crippen molar-refractivity contribution >= 4 is 64.8 Å². The van der Waals surface area contributed by atoms with Gasteiger partial charge in [0.1, 0.15) is 5.75 Å². The van der Waals surface area contributed by atoms with Gasteiger partial charge in [0.05, 0.1) is 5.69 Å². The Balaban J connectivity index is 0.956. The van der Waals surface area contributed by atoms with Crippen molar-refractivity contribution in [3.05, 3.63) is 199 Å². The molecule has 10 rings (SSSR count). The third-order valence-corrected chi connectivity index (χ3v) is 12.2. The first-order valence-corrected chi connectivity index (χ1v) is 19.7. The number of hydrogen-bond acceptors (Lipinski definition) is 3. The monoisotopic (exact) mass is 723 g/mol. The molecular weight excluding hydrogens is 687 g/mol. The van der Waals surface area contributed by atoms with Crippen LogP contribution in [0.5, 0.6) is 5.75 Å². The Bertz CT molecular complexity index is 2960. The van der Waals surface area contributed by atoms with E-state index in [1.807, 2.05) is 29.5 Å². The van der Waals surface area contributed by atoms with Crippen LogP contribution in [-0.2, 0) is 0 Å². The number of rotatable bonds is 7. The molecule has 0 spiro atoms. The lowest BCUT2D eigenvalue weighted by Crippen LogP contribution is -1.96. The molecule has 0 atom stereocenters. The third kappa shape index (κ3) is 6.09. The van der Waals surface area contributed by atoms with E-state index < -0.39 is 0 Å². The molecule has 1 aliphatic carbocycles. The minimum atomic E-state index is 0.239. The lowest BCUT2D eigenvalue weighted by Gasteiger charge is -2.19. The maximum atomic E-state index is 11.4. The van der Waals surface area contributed by atoms with Gasteiger partial charge < -0.3 is 10.4 Å². The van der Waals surface area contributed by atoms with Crippen LogP contribution in [0.25, 0.3) is 75.5 Å². The highest BCUT2D eigenvalue weighted by molar-refractivity contribution is 7.26. The molecule has 1 heterocycles. The summed E-state index contributed by atoms with van der Waals surface area (Å²) in [6.45, 7) is 0. The van der Waals surface area contributed by atoms with Crippen LogP contribution < -0.4 is 5.32 Å². The average Bonchev–Trinajstić information content (AvgIpc) is 3.63. The maximum Gasteiger partial charge on any atom is 0.125 e. The highest BCUT2D eigenvalue weighted by atomic mass is 32.1. The Hall–Kier alpha value is -6.68. The van der Waals surface area contributed by atoms with Crippen molar-refractivity contribution in [3.63, 3.8) is 0 Å². The van der Waals surface area contributed by atoms with Crippen molar-refractivity contribution in [1.82, 2.24) is 0 Å². The fourth-order valence-electron chi connectivity index (χ4n) is 8.24. The molecule has 0 saturated carbocycles. The Labute approximate surface area is 325 Å². The van der Waals surface area contributed by atoms with Crippen LogP contribution in [0.4, 0.5) is 11.4 Å². The zero-order valence-corrected chi connectivity index (χ0v) is 31.0. The quantitative estimate of drug-likeness (QED) is 0.172. The Morgan fingerprint density at radius 3 is 1.96 bits per heavy atom. The first kappa shape index (κ1) is 32.9. The number of fused-ring (bicyclic) bond motifs is 4. The smallest absolute Gasteiger partial charge is 0.125 e. The fraction of sp³-hybridized carbons (Fsp3) is 0.0385.